The SMILES string of the molecule is O=S(=O)([O-])c1ccc(-c2ccccc2)c(-c2ccccc2)c1P.[K+]. The number of hydrogen-bond acceptors (Lipinski definition) is 3. The first-order chi connectivity index (χ1) is 11.0. The van der Waals surface area contributed by atoms with Gasteiger partial charge in [0, 0.05) is 0 Å². The van der Waals surface area contributed by atoms with Crippen LogP contribution in [0.5, 0.6) is 0 Å². The van der Waals surface area contributed by atoms with E-state index in [9.17, 15) is 13.0 Å². The number of benzene rings is 3. The van der Waals surface area contributed by atoms with E-state index in [1.165, 1.54) is 6.07 Å². The van der Waals surface area contributed by atoms with Crippen molar-refractivity contribution in [3.05, 3.63) is 72.8 Å². The van der Waals surface area contributed by atoms with Gasteiger partial charge in [0.2, 0.25) is 0 Å². The summed E-state index contributed by atoms with van der Waals surface area (Å²) in [6.07, 6.45) is 0. The molecule has 0 bridgehead atoms. The summed E-state index contributed by atoms with van der Waals surface area (Å²) in [6, 6.07) is 22.2. The Morgan fingerprint density at radius 3 is 1.75 bits per heavy atom. The van der Waals surface area contributed by atoms with Gasteiger partial charge in [-0.3, -0.25) is 0 Å². The van der Waals surface area contributed by atoms with Crippen LogP contribution in [0.25, 0.3) is 22.3 Å². The van der Waals surface area contributed by atoms with Crippen LogP contribution in [0.2, 0.25) is 0 Å². The zero-order chi connectivity index (χ0) is 16.4. The fourth-order valence-electron chi connectivity index (χ4n) is 2.59. The van der Waals surface area contributed by atoms with Crippen molar-refractivity contribution in [2.45, 2.75) is 4.90 Å². The van der Waals surface area contributed by atoms with Gasteiger partial charge in [-0.25, -0.2) is 8.42 Å². The molecule has 1 atom stereocenters. The van der Waals surface area contributed by atoms with Crippen molar-refractivity contribution in [2.75, 3.05) is 0 Å². The maximum Gasteiger partial charge on any atom is 1.00 e. The van der Waals surface area contributed by atoms with Crippen molar-refractivity contribution in [1.82, 2.24) is 0 Å². The van der Waals surface area contributed by atoms with Gasteiger partial charge in [-0.05, 0) is 33.6 Å². The molecule has 3 aromatic carbocycles. The van der Waals surface area contributed by atoms with Crippen molar-refractivity contribution >= 4 is 24.7 Å². The third-order valence-electron chi connectivity index (χ3n) is 3.62. The van der Waals surface area contributed by atoms with E-state index < -0.39 is 10.1 Å². The van der Waals surface area contributed by atoms with Gasteiger partial charge in [-0.2, -0.15) is 0 Å². The summed E-state index contributed by atoms with van der Waals surface area (Å²) in [5.74, 6) is 0. The predicted octanol–water partition coefficient (Wildman–Crippen LogP) is 0.429. The average molecular weight is 380 g/mol. The van der Waals surface area contributed by atoms with Crippen molar-refractivity contribution in [3.8, 4) is 22.3 Å². The molecular weight excluding hydrogens is 366 g/mol. The molecule has 3 nitrogen and oxygen atoms in total. The second-order valence-corrected chi connectivity index (χ2v) is 7.01. The van der Waals surface area contributed by atoms with Crippen LogP contribution in [0.4, 0.5) is 0 Å². The average Bonchev–Trinajstić information content (AvgIpc) is 2.55. The van der Waals surface area contributed by atoms with Crippen LogP contribution in [-0.4, -0.2) is 13.0 Å². The summed E-state index contributed by atoms with van der Waals surface area (Å²) in [4.78, 5) is -0.207. The van der Waals surface area contributed by atoms with E-state index in [2.05, 4.69) is 9.24 Å². The first-order valence-corrected chi connectivity index (χ1v) is 8.96. The Morgan fingerprint density at radius 1 is 0.750 bits per heavy atom. The predicted molar refractivity (Wildman–Crippen MR) is 94.6 cm³/mol. The summed E-state index contributed by atoms with van der Waals surface area (Å²) in [6.45, 7) is 0. The zero-order valence-electron chi connectivity index (χ0n) is 13.1. The van der Waals surface area contributed by atoms with Gasteiger partial charge in [0.25, 0.3) is 0 Å². The van der Waals surface area contributed by atoms with Crippen LogP contribution in [0, 0.1) is 0 Å². The monoisotopic (exact) mass is 380 g/mol. The molecule has 116 valence electrons. The molecule has 0 aromatic heterocycles. The molecule has 1 unspecified atom stereocenters. The van der Waals surface area contributed by atoms with Crippen LogP contribution in [0.15, 0.2) is 77.7 Å². The van der Waals surface area contributed by atoms with E-state index in [0.29, 0.717) is 5.30 Å². The van der Waals surface area contributed by atoms with Gasteiger partial charge in [-0.1, -0.05) is 66.7 Å². The normalized spacial score (nSPS) is 10.9. The maximum atomic E-state index is 11.5. The van der Waals surface area contributed by atoms with E-state index in [4.69, 9.17) is 0 Å². The Morgan fingerprint density at radius 2 is 1.25 bits per heavy atom. The number of hydrogen-bond donors (Lipinski definition) is 0. The smallest absolute Gasteiger partial charge is 0.744 e. The molecule has 0 spiro atoms. The molecule has 0 heterocycles. The first-order valence-electron chi connectivity index (χ1n) is 6.97. The molecule has 0 aliphatic heterocycles. The minimum atomic E-state index is -4.53. The summed E-state index contributed by atoms with van der Waals surface area (Å²) in [5, 5.41) is 0.396. The molecule has 0 aliphatic rings. The van der Waals surface area contributed by atoms with Gasteiger partial charge in [0.1, 0.15) is 10.1 Å². The third-order valence-corrected chi connectivity index (χ3v) is 5.33. The fraction of sp³-hybridized carbons (Fsp3) is 0. The van der Waals surface area contributed by atoms with Crippen LogP contribution in [-0.2, 0) is 10.1 Å². The van der Waals surface area contributed by atoms with E-state index >= 15 is 0 Å². The van der Waals surface area contributed by atoms with Crippen molar-refractivity contribution in [1.29, 1.82) is 0 Å². The molecule has 24 heavy (non-hydrogen) atoms. The summed E-state index contributed by atoms with van der Waals surface area (Å²) >= 11 is 0. The Bertz CT molecular complexity index is 943. The van der Waals surface area contributed by atoms with Crippen molar-refractivity contribution in [3.63, 3.8) is 0 Å². The van der Waals surface area contributed by atoms with Crippen LogP contribution >= 0.6 is 9.24 Å². The van der Waals surface area contributed by atoms with Gasteiger partial charge < -0.3 is 4.55 Å². The molecule has 3 aromatic rings. The Kier molecular flexibility index (Phi) is 6.94. The molecule has 0 N–H and O–H groups in total. The van der Waals surface area contributed by atoms with Gasteiger partial charge in [0.05, 0.1) is 4.90 Å². The molecule has 0 radical (unpaired) electrons. The molecule has 6 heteroatoms. The van der Waals surface area contributed by atoms with Crippen LogP contribution in [0.3, 0.4) is 0 Å². The standard InChI is InChI=1S/C18H15O3PS.K/c19-23(20,21)16-12-11-15(13-7-3-1-4-8-13)17(18(16)22)14-9-5-2-6-10-14;/h1-12H,22H2,(H,19,20,21);/q;+1/p-1. The maximum absolute atomic E-state index is 11.5. The van der Waals surface area contributed by atoms with Crippen LogP contribution in [0.1, 0.15) is 0 Å². The zero-order valence-corrected chi connectivity index (χ0v) is 18.2. The fourth-order valence-corrected chi connectivity index (χ4v) is 4.05. The van der Waals surface area contributed by atoms with Gasteiger partial charge >= 0.3 is 51.4 Å². The molecule has 3 rings (SSSR count). The van der Waals surface area contributed by atoms with E-state index in [0.717, 1.165) is 22.3 Å². The summed E-state index contributed by atoms with van der Waals surface area (Å²) in [7, 11) is -2.12. The number of rotatable bonds is 3. The van der Waals surface area contributed by atoms with Crippen molar-refractivity contribution in [2.24, 2.45) is 0 Å². The molecular formula is C18H14KO3PS. The molecule has 0 fully saturated rings. The largest absolute Gasteiger partial charge is 1.00 e. The topological polar surface area (TPSA) is 57.2 Å². The van der Waals surface area contributed by atoms with Crippen molar-refractivity contribution < 1.29 is 64.4 Å². The minimum absolute atomic E-state index is 0. The first kappa shape index (κ1) is 20.0. The minimum Gasteiger partial charge on any atom is -0.744 e. The Balaban J connectivity index is 0.00000208. The third kappa shape index (κ3) is 4.24. The van der Waals surface area contributed by atoms with E-state index in [1.807, 2.05) is 60.7 Å². The second kappa shape index (κ2) is 8.34. The molecule has 0 amide bonds. The van der Waals surface area contributed by atoms with Gasteiger partial charge in [0.15, 0.2) is 0 Å². The quantitative estimate of drug-likeness (QED) is 0.376. The summed E-state index contributed by atoms with van der Waals surface area (Å²) < 4.78 is 34.5. The second-order valence-electron chi connectivity index (χ2n) is 5.09. The van der Waals surface area contributed by atoms with E-state index in [-0.39, 0.29) is 56.3 Å². The molecule has 0 saturated heterocycles. The molecule has 0 saturated carbocycles. The van der Waals surface area contributed by atoms with Gasteiger partial charge in [-0.15, -0.1) is 9.24 Å². The molecule has 0 aliphatic carbocycles. The van der Waals surface area contributed by atoms with E-state index in [1.54, 1.807) is 6.07 Å². The Hall–Kier alpha value is -0.364. The Labute approximate surface area is 186 Å². The van der Waals surface area contributed by atoms with Crippen LogP contribution < -0.4 is 56.7 Å². The summed E-state index contributed by atoms with van der Waals surface area (Å²) in [5.41, 5.74) is 3.44.